The van der Waals surface area contributed by atoms with E-state index >= 15 is 0 Å². The van der Waals surface area contributed by atoms with E-state index in [0.29, 0.717) is 0 Å². The number of halogens is 1. The lowest BCUT2D eigenvalue weighted by Crippen LogP contribution is -2.43. The van der Waals surface area contributed by atoms with Gasteiger partial charge in [-0.15, -0.1) is 0 Å². The van der Waals surface area contributed by atoms with Crippen LogP contribution in [-0.2, 0) is 10.8 Å². The standard InChI is InChI=1S/C35H31Cl/c1-34(21-24-19-22-14-15-23(24)18-22)30-12-6-7-13-32(30)35(33-20-25(36)16-17-31(33)34)28-10-4-2-8-26(28)27-9-3-5-11-29(27)35/h2-13,16-17,20,22-24H,14-15,18-19,21H2,1H3/t22-,23+,24?,34+/m1/s1. The molecule has 2 saturated carbocycles. The van der Waals surface area contributed by atoms with Gasteiger partial charge in [0.25, 0.3) is 0 Å². The highest BCUT2D eigenvalue weighted by molar-refractivity contribution is 6.30. The maximum Gasteiger partial charge on any atom is 0.0720 e. The first-order chi connectivity index (χ1) is 17.6. The van der Waals surface area contributed by atoms with E-state index in [1.54, 1.807) is 0 Å². The topological polar surface area (TPSA) is 0 Å². The van der Waals surface area contributed by atoms with Crippen LogP contribution >= 0.6 is 11.6 Å². The molecule has 1 unspecified atom stereocenters. The average molecular weight is 487 g/mol. The molecule has 0 aliphatic heterocycles. The van der Waals surface area contributed by atoms with Gasteiger partial charge >= 0.3 is 0 Å². The minimum absolute atomic E-state index is 0.0244. The Morgan fingerprint density at radius 2 is 1.28 bits per heavy atom. The predicted molar refractivity (Wildman–Crippen MR) is 149 cm³/mol. The van der Waals surface area contributed by atoms with Gasteiger partial charge < -0.3 is 0 Å². The number of hydrogen-bond donors (Lipinski definition) is 0. The van der Waals surface area contributed by atoms with Crippen molar-refractivity contribution in [3.8, 4) is 11.1 Å². The van der Waals surface area contributed by atoms with Crippen LogP contribution in [0.25, 0.3) is 11.1 Å². The van der Waals surface area contributed by atoms with E-state index in [1.165, 1.54) is 76.6 Å². The number of benzene rings is 4. The summed E-state index contributed by atoms with van der Waals surface area (Å²) in [6.07, 6.45) is 7.00. The van der Waals surface area contributed by atoms with Crippen LogP contribution in [0.2, 0.25) is 5.02 Å². The van der Waals surface area contributed by atoms with Crippen molar-refractivity contribution in [2.75, 3.05) is 0 Å². The summed E-state index contributed by atoms with van der Waals surface area (Å²) < 4.78 is 0. The molecule has 4 aliphatic rings. The average Bonchev–Trinajstić information content (AvgIpc) is 3.60. The zero-order chi connectivity index (χ0) is 24.1. The van der Waals surface area contributed by atoms with E-state index in [2.05, 4.69) is 97.9 Å². The van der Waals surface area contributed by atoms with E-state index in [9.17, 15) is 0 Å². The van der Waals surface area contributed by atoms with Crippen LogP contribution in [0.4, 0.5) is 0 Å². The summed E-state index contributed by atoms with van der Waals surface area (Å²) in [6.45, 7) is 2.53. The number of hydrogen-bond acceptors (Lipinski definition) is 0. The largest absolute Gasteiger partial charge is 0.0843 e. The highest BCUT2D eigenvalue weighted by Crippen LogP contribution is 2.64. The minimum atomic E-state index is -0.335. The van der Waals surface area contributed by atoms with E-state index in [-0.39, 0.29) is 10.8 Å². The Hall–Kier alpha value is -2.83. The Kier molecular flexibility index (Phi) is 4.35. The third-order valence-corrected chi connectivity index (χ3v) is 10.6. The zero-order valence-corrected chi connectivity index (χ0v) is 21.6. The summed E-state index contributed by atoms with van der Waals surface area (Å²) in [5, 5.41) is 0.830. The van der Waals surface area contributed by atoms with Crippen molar-refractivity contribution >= 4 is 11.6 Å². The lowest BCUT2D eigenvalue weighted by Gasteiger charge is -2.49. The number of rotatable bonds is 2. The molecular weight excluding hydrogens is 456 g/mol. The van der Waals surface area contributed by atoms with Crippen molar-refractivity contribution in [2.24, 2.45) is 17.8 Å². The van der Waals surface area contributed by atoms with Crippen molar-refractivity contribution in [3.63, 3.8) is 0 Å². The van der Waals surface area contributed by atoms with Crippen molar-refractivity contribution in [1.29, 1.82) is 0 Å². The summed E-state index contributed by atoms with van der Waals surface area (Å²) >= 11 is 6.83. The summed E-state index contributed by atoms with van der Waals surface area (Å²) in [4.78, 5) is 0. The Balaban J connectivity index is 1.46. The molecule has 0 radical (unpaired) electrons. The fourth-order valence-corrected chi connectivity index (χ4v) is 9.25. The SMILES string of the molecule is C[C@]1(CC2C[C@@H]3CC[C@H]2C3)c2ccccc2C2(c3ccccc3-c3ccccc32)c2cc(Cl)ccc21. The maximum atomic E-state index is 6.83. The van der Waals surface area contributed by atoms with Crippen LogP contribution in [0.3, 0.4) is 0 Å². The van der Waals surface area contributed by atoms with Gasteiger partial charge in [-0.05, 0) is 100 Å². The highest BCUT2D eigenvalue weighted by Gasteiger charge is 2.55. The molecule has 0 aromatic heterocycles. The van der Waals surface area contributed by atoms with Crippen LogP contribution in [0, 0.1) is 17.8 Å². The molecule has 4 aromatic rings. The molecule has 0 heterocycles. The Labute approximate surface area is 219 Å². The minimum Gasteiger partial charge on any atom is -0.0843 e. The second-order valence-corrected chi connectivity index (χ2v) is 12.5. The summed E-state index contributed by atoms with van der Waals surface area (Å²) in [6, 6.07) is 34.3. The first-order valence-corrected chi connectivity index (χ1v) is 14.1. The maximum absolute atomic E-state index is 6.83. The molecule has 0 saturated heterocycles. The van der Waals surface area contributed by atoms with Gasteiger partial charge in [0, 0.05) is 10.4 Å². The van der Waals surface area contributed by atoms with Crippen molar-refractivity contribution in [3.05, 3.63) is 129 Å². The van der Waals surface area contributed by atoms with Gasteiger partial charge in [-0.1, -0.05) is 104 Å². The molecule has 0 N–H and O–H groups in total. The number of fused-ring (bicyclic) bond motifs is 11. The molecule has 2 bridgehead atoms. The molecule has 4 aliphatic carbocycles. The van der Waals surface area contributed by atoms with E-state index in [0.717, 1.165) is 22.8 Å². The summed E-state index contributed by atoms with van der Waals surface area (Å²) in [5.41, 5.74) is 10.9. The van der Waals surface area contributed by atoms with Crippen LogP contribution in [-0.4, -0.2) is 0 Å². The van der Waals surface area contributed by atoms with Gasteiger partial charge in [0.2, 0.25) is 0 Å². The summed E-state index contributed by atoms with van der Waals surface area (Å²) in [5.74, 6) is 2.70. The van der Waals surface area contributed by atoms with Crippen LogP contribution < -0.4 is 0 Å². The van der Waals surface area contributed by atoms with E-state index < -0.39 is 0 Å². The lowest BCUT2D eigenvalue weighted by molar-refractivity contribution is 0.266. The van der Waals surface area contributed by atoms with E-state index in [4.69, 9.17) is 11.6 Å². The third kappa shape index (κ3) is 2.57. The smallest absolute Gasteiger partial charge is 0.0720 e. The molecule has 0 nitrogen and oxygen atoms in total. The zero-order valence-electron chi connectivity index (χ0n) is 20.8. The normalized spacial score (nSPS) is 28.0. The second kappa shape index (κ2) is 7.36. The van der Waals surface area contributed by atoms with Gasteiger partial charge in [-0.3, -0.25) is 0 Å². The van der Waals surface area contributed by atoms with Gasteiger partial charge in [0.15, 0.2) is 0 Å². The molecule has 0 amide bonds. The summed E-state index contributed by atoms with van der Waals surface area (Å²) in [7, 11) is 0. The monoisotopic (exact) mass is 486 g/mol. The van der Waals surface area contributed by atoms with Gasteiger partial charge in [0.05, 0.1) is 5.41 Å². The van der Waals surface area contributed by atoms with Crippen LogP contribution in [0.15, 0.2) is 91.0 Å². The van der Waals surface area contributed by atoms with Crippen molar-refractivity contribution in [2.45, 2.75) is 49.9 Å². The first-order valence-electron chi connectivity index (χ1n) is 13.7. The van der Waals surface area contributed by atoms with E-state index in [1.807, 2.05) is 0 Å². The molecule has 36 heavy (non-hydrogen) atoms. The van der Waals surface area contributed by atoms with Crippen LogP contribution in [0.5, 0.6) is 0 Å². The molecule has 2 fully saturated rings. The Morgan fingerprint density at radius 1 is 0.667 bits per heavy atom. The Bertz CT molecular complexity index is 1480. The molecule has 178 valence electrons. The second-order valence-electron chi connectivity index (χ2n) is 12.0. The van der Waals surface area contributed by atoms with Crippen molar-refractivity contribution < 1.29 is 0 Å². The fraction of sp³-hybridized carbons (Fsp3) is 0.314. The molecule has 1 spiro atoms. The van der Waals surface area contributed by atoms with Gasteiger partial charge in [-0.2, -0.15) is 0 Å². The molecule has 8 rings (SSSR count). The van der Waals surface area contributed by atoms with Crippen LogP contribution in [0.1, 0.15) is 72.4 Å². The highest BCUT2D eigenvalue weighted by atomic mass is 35.5. The van der Waals surface area contributed by atoms with Crippen molar-refractivity contribution in [1.82, 2.24) is 0 Å². The van der Waals surface area contributed by atoms with Gasteiger partial charge in [-0.25, -0.2) is 0 Å². The quantitative estimate of drug-likeness (QED) is 0.233. The molecule has 4 aromatic carbocycles. The third-order valence-electron chi connectivity index (χ3n) is 10.4. The molecule has 1 heteroatoms. The first kappa shape index (κ1) is 21.3. The fourth-order valence-electron chi connectivity index (χ4n) is 9.08. The predicted octanol–water partition coefficient (Wildman–Crippen LogP) is 9.15. The van der Waals surface area contributed by atoms with Gasteiger partial charge in [0.1, 0.15) is 0 Å². The Morgan fingerprint density at radius 3 is 1.92 bits per heavy atom. The molecule has 4 atom stereocenters. The lowest BCUT2D eigenvalue weighted by atomic mass is 9.53. The molecular formula is C35H31Cl.